The zero-order chi connectivity index (χ0) is 13.3. The monoisotopic (exact) mass is 376 g/mol. The Labute approximate surface area is 127 Å². The number of rotatable bonds is 4. The van der Waals surface area contributed by atoms with Crippen molar-refractivity contribution in [1.82, 2.24) is 9.55 Å². The van der Waals surface area contributed by atoms with Crippen molar-refractivity contribution in [2.24, 2.45) is 0 Å². The van der Waals surface area contributed by atoms with Crippen LogP contribution in [0, 0.1) is 3.57 Å². The first kappa shape index (κ1) is 14.1. The van der Waals surface area contributed by atoms with Gasteiger partial charge in [-0.2, -0.15) is 0 Å². The van der Waals surface area contributed by atoms with E-state index in [-0.39, 0.29) is 5.54 Å². The first-order chi connectivity index (χ1) is 8.49. The molecule has 0 bridgehead atoms. The summed E-state index contributed by atoms with van der Waals surface area (Å²) < 4.78 is 3.57. The molecule has 0 saturated heterocycles. The Hall–Kier alpha value is -0.290. The first-order valence-electron chi connectivity index (χ1n) is 6.23. The fraction of sp³-hybridized carbons (Fsp3) is 0.500. The van der Waals surface area contributed by atoms with Gasteiger partial charge in [0.2, 0.25) is 0 Å². The maximum absolute atomic E-state index is 5.91. The first-order valence-corrected chi connectivity index (χ1v) is 7.84. The summed E-state index contributed by atoms with van der Waals surface area (Å²) in [5, 5.41) is 0. The predicted octanol–water partition coefficient (Wildman–Crippen LogP) is 4.57. The number of aryl methyl sites for hydroxylation is 1. The highest BCUT2D eigenvalue weighted by Crippen LogP contribution is 2.29. The smallest absolute Gasteiger partial charge is 0.111 e. The summed E-state index contributed by atoms with van der Waals surface area (Å²) in [5.74, 6) is 1.70. The summed E-state index contributed by atoms with van der Waals surface area (Å²) in [6, 6.07) is 6.44. The summed E-state index contributed by atoms with van der Waals surface area (Å²) in [4.78, 5) is 4.75. The number of imidazole rings is 1. The Morgan fingerprint density at radius 3 is 2.72 bits per heavy atom. The van der Waals surface area contributed by atoms with Crippen molar-refractivity contribution in [1.29, 1.82) is 0 Å². The molecule has 0 aliphatic carbocycles. The van der Waals surface area contributed by atoms with Gasteiger partial charge in [-0.05, 0) is 61.1 Å². The van der Waals surface area contributed by atoms with Crippen LogP contribution in [0.25, 0.3) is 11.0 Å². The third-order valence-electron chi connectivity index (χ3n) is 3.47. The third kappa shape index (κ3) is 2.52. The zero-order valence-corrected chi connectivity index (χ0v) is 13.9. The van der Waals surface area contributed by atoms with Crippen LogP contribution in [-0.4, -0.2) is 15.4 Å². The van der Waals surface area contributed by atoms with Gasteiger partial charge in [-0.15, -0.1) is 11.6 Å². The molecule has 2 aromatic rings. The van der Waals surface area contributed by atoms with Crippen LogP contribution in [0.3, 0.4) is 0 Å². The van der Waals surface area contributed by atoms with E-state index in [0.29, 0.717) is 5.88 Å². The fourth-order valence-electron chi connectivity index (χ4n) is 2.19. The van der Waals surface area contributed by atoms with E-state index in [0.717, 1.165) is 24.2 Å². The number of halogens is 2. The second-order valence-electron chi connectivity index (χ2n) is 5.10. The second-order valence-corrected chi connectivity index (χ2v) is 6.73. The maximum Gasteiger partial charge on any atom is 0.111 e. The van der Waals surface area contributed by atoms with Gasteiger partial charge in [-0.25, -0.2) is 4.98 Å². The molecular weight excluding hydrogens is 359 g/mol. The highest BCUT2D eigenvalue weighted by molar-refractivity contribution is 14.1. The van der Waals surface area contributed by atoms with Crippen LogP contribution >= 0.6 is 34.2 Å². The van der Waals surface area contributed by atoms with Crippen LogP contribution in [0.2, 0.25) is 0 Å². The Morgan fingerprint density at radius 1 is 1.39 bits per heavy atom. The topological polar surface area (TPSA) is 17.8 Å². The van der Waals surface area contributed by atoms with Gasteiger partial charge in [0.25, 0.3) is 0 Å². The van der Waals surface area contributed by atoms with Crippen LogP contribution in [-0.2, 0) is 12.0 Å². The third-order valence-corrected chi connectivity index (χ3v) is 4.33. The molecule has 0 spiro atoms. The molecule has 0 unspecified atom stereocenters. The van der Waals surface area contributed by atoms with Crippen LogP contribution < -0.4 is 0 Å². The van der Waals surface area contributed by atoms with Gasteiger partial charge in [0.05, 0.1) is 11.0 Å². The van der Waals surface area contributed by atoms with Gasteiger partial charge < -0.3 is 4.57 Å². The van der Waals surface area contributed by atoms with Crippen molar-refractivity contribution in [3.63, 3.8) is 0 Å². The SMILES string of the molecule is CCC(C)(C)n1c(CCCl)nc2cc(I)ccc21. The van der Waals surface area contributed by atoms with Crippen LogP contribution in [0.5, 0.6) is 0 Å². The molecule has 2 nitrogen and oxygen atoms in total. The molecule has 0 amide bonds. The number of alkyl halides is 1. The average Bonchev–Trinajstić information content (AvgIpc) is 2.67. The molecule has 0 radical (unpaired) electrons. The van der Waals surface area contributed by atoms with Gasteiger partial charge >= 0.3 is 0 Å². The lowest BCUT2D eigenvalue weighted by atomic mass is 10.0. The van der Waals surface area contributed by atoms with E-state index in [1.807, 2.05) is 0 Å². The van der Waals surface area contributed by atoms with E-state index in [9.17, 15) is 0 Å². The highest BCUT2D eigenvalue weighted by atomic mass is 127. The van der Waals surface area contributed by atoms with E-state index < -0.39 is 0 Å². The average molecular weight is 377 g/mol. The standard InChI is InChI=1S/C14H18ClIN2/c1-4-14(2,3)18-12-6-5-10(16)9-11(12)17-13(18)7-8-15/h5-6,9H,4,7-8H2,1-3H3. The molecule has 1 heterocycles. The van der Waals surface area contributed by atoms with E-state index in [1.54, 1.807) is 0 Å². The van der Waals surface area contributed by atoms with Crippen molar-refractivity contribution in [2.75, 3.05) is 5.88 Å². The quantitative estimate of drug-likeness (QED) is 0.565. The van der Waals surface area contributed by atoms with E-state index in [1.165, 1.54) is 9.09 Å². The normalized spacial score (nSPS) is 12.3. The van der Waals surface area contributed by atoms with E-state index >= 15 is 0 Å². The minimum Gasteiger partial charge on any atom is -0.322 e. The van der Waals surface area contributed by atoms with E-state index in [4.69, 9.17) is 16.6 Å². The highest BCUT2D eigenvalue weighted by Gasteiger charge is 2.23. The summed E-state index contributed by atoms with van der Waals surface area (Å²) in [5.41, 5.74) is 2.36. The summed E-state index contributed by atoms with van der Waals surface area (Å²) >= 11 is 8.23. The lowest BCUT2D eigenvalue weighted by Gasteiger charge is -2.28. The van der Waals surface area contributed by atoms with Crippen molar-refractivity contribution in [2.45, 2.75) is 39.2 Å². The zero-order valence-electron chi connectivity index (χ0n) is 11.0. The molecule has 1 aromatic carbocycles. The Morgan fingerprint density at radius 2 is 2.11 bits per heavy atom. The largest absolute Gasteiger partial charge is 0.322 e. The molecule has 0 saturated carbocycles. The summed E-state index contributed by atoms with van der Waals surface area (Å²) in [7, 11) is 0. The molecule has 98 valence electrons. The second kappa shape index (κ2) is 5.37. The molecule has 1 aromatic heterocycles. The molecule has 0 aliphatic rings. The van der Waals surface area contributed by atoms with Crippen LogP contribution in [0.15, 0.2) is 18.2 Å². The molecule has 0 atom stereocenters. The Kier molecular flexibility index (Phi) is 4.22. The molecule has 18 heavy (non-hydrogen) atoms. The molecule has 2 rings (SSSR count). The number of fused-ring (bicyclic) bond motifs is 1. The maximum atomic E-state index is 5.91. The molecular formula is C14H18ClIN2. The number of nitrogens with zero attached hydrogens (tertiary/aromatic N) is 2. The number of benzene rings is 1. The van der Waals surface area contributed by atoms with E-state index in [2.05, 4.69) is 66.1 Å². The molecule has 4 heteroatoms. The van der Waals surface area contributed by atoms with Crippen molar-refractivity contribution in [3.8, 4) is 0 Å². The van der Waals surface area contributed by atoms with Crippen molar-refractivity contribution < 1.29 is 0 Å². The fourth-order valence-corrected chi connectivity index (χ4v) is 2.83. The lowest BCUT2D eigenvalue weighted by molar-refractivity contribution is 0.342. The minimum atomic E-state index is 0.0724. The molecule has 0 aliphatic heterocycles. The number of aromatic nitrogens is 2. The Bertz CT molecular complexity index is 560. The van der Waals surface area contributed by atoms with Gasteiger partial charge in [0, 0.05) is 21.4 Å². The van der Waals surface area contributed by atoms with Gasteiger partial charge in [0.1, 0.15) is 5.82 Å². The predicted molar refractivity (Wildman–Crippen MR) is 86.5 cm³/mol. The van der Waals surface area contributed by atoms with Gasteiger partial charge in [-0.3, -0.25) is 0 Å². The van der Waals surface area contributed by atoms with Crippen molar-refractivity contribution >= 4 is 45.2 Å². The van der Waals surface area contributed by atoms with Crippen LogP contribution in [0.4, 0.5) is 0 Å². The lowest BCUT2D eigenvalue weighted by Crippen LogP contribution is -2.27. The van der Waals surface area contributed by atoms with Gasteiger partial charge in [0.15, 0.2) is 0 Å². The summed E-state index contributed by atoms with van der Waals surface area (Å²) in [6.45, 7) is 6.72. The van der Waals surface area contributed by atoms with Crippen LogP contribution in [0.1, 0.15) is 33.0 Å². The number of hydrogen-bond donors (Lipinski definition) is 0. The Balaban J connectivity index is 2.70. The summed E-state index contributed by atoms with van der Waals surface area (Å²) in [6.07, 6.45) is 1.88. The number of hydrogen-bond acceptors (Lipinski definition) is 1. The molecule has 0 N–H and O–H groups in total. The van der Waals surface area contributed by atoms with Gasteiger partial charge in [-0.1, -0.05) is 6.92 Å². The van der Waals surface area contributed by atoms with Crippen molar-refractivity contribution in [3.05, 3.63) is 27.6 Å². The molecule has 0 fully saturated rings. The minimum absolute atomic E-state index is 0.0724.